The van der Waals surface area contributed by atoms with E-state index in [-0.39, 0.29) is 12.1 Å². The average molecular weight is 311 g/mol. The van der Waals surface area contributed by atoms with Crippen molar-refractivity contribution in [1.29, 1.82) is 0 Å². The van der Waals surface area contributed by atoms with Crippen LogP contribution < -0.4 is 5.32 Å². The summed E-state index contributed by atoms with van der Waals surface area (Å²) in [6.45, 7) is 8.00. The minimum Gasteiger partial charge on any atom is -0.345 e. The van der Waals surface area contributed by atoms with E-state index in [4.69, 9.17) is 0 Å². The van der Waals surface area contributed by atoms with Crippen LogP contribution in [0, 0.1) is 6.92 Å². The third-order valence-electron chi connectivity index (χ3n) is 4.80. The van der Waals surface area contributed by atoms with Gasteiger partial charge < -0.3 is 14.8 Å². The lowest BCUT2D eigenvalue weighted by Crippen LogP contribution is -2.44. The van der Waals surface area contributed by atoms with Crippen molar-refractivity contribution >= 4 is 11.7 Å². The standard InChI is InChI=1S/C19H25N3O/c1-4-15-8-6-7-9-16(15)20-19(23)22-13-12-21-14(3)10-11-18(21)17(22)5-2/h6-11,17H,4-5,12-13H2,1-3H3,(H,20,23)/t17-/m1/s1. The summed E-state index contributed by atoms with van der Waals surface area (Å²) >= 11 is 0. The second-order valence-electron chi connectivity index (χ2n) is 6.11. The number of nitrogens with one attached hydrogen (secondary N) is 1. The highest BCUT2D eigenvalue weighted by atomic mass is 16.2. The van der Waals surface area contributed by atoms with Crippen LogP contribution in [-0.4, -0.2) is 22.0 Å². The zero-order chi connectivity index (χ0) is 16.4. The highest BCUT2D eigenvalue weighted by Crippen LogP contribution is 2.31. The lowest BCUT2D eigenvalue weighted by Gasteiger charge is -2.37. The molecule has 0 unspecified atom stereocenters. The molecule has 1 aliphatic heterocycles. The number of urea groups is 1. The number of benzene rings is 1. The Balaban J connectivity index is 1.82. The van der Waals surface area contributed by atoms with Gasteiger partial charge >= 0.3 is 6.03 Å². The summed E-state index contributed by atoms with van der Waals surface area (Å²) < 4.78 is 2.33. The van der Waals surface area contributed by atoms with Gasteiger partial charge in [0, 0.05) is 30.2 Å². The highest BCUT2D eigenvalue weighted by molar-refractivity contribution is 5.90. The Labute approximate surface area is 138 Å². The van der Waals surface area contributed by atoms with E-state index in [2.05, 4.69) is 48.9 Å². The second kappa shape index (κ2) is 6.49. The van der Waals surface area contributed by atoms with Crippen molar-refractivity contribution in [3.63, 3.8) is 0 Å². The van der Waals surface area contributed by atoms with Crippen LogP contribution >= 0.6 is 0 Å². The maximum Gasteiger partial charge on any atom is 0.322 e. The fourth-order valence-electron chi connectivity index (χ4n) is 3.52. The van der Waals surface area contributed by atoms with Crippen molar-refractivity contribution in [3.8, 4) is 0 Å². The average Bonchev–Trinajstić information content (AvgIpc) is 2.95. The number of carbonyl (C=O) groups excluding carboxylic acids is 1. The molecule has 0 aliphatic carbocycles. The SMILES string of the molecule is CCc1ccccc1NC(=O)N1CCn2c(C)ccc2[C@H]1CC. The molecule has 3 rings (SSSR count). The van der Waals surface area contributed by atoms with Gasteiger partial charge in [0.1, 0.15) is 0 Å². The maximum absolute atomic E-state index is 12.8. The van der Waals surface area contributed by atoms with Crippen molar-refractivity contribution in [2.45, 2.75) is 46.2 Å². The molecule has 1 N–H and O–H groups in total. The van der Waals surface area contributed by atoms with Gasteiger partial charge in [-0.1, -0.05) is 32.0 Å². The molecule has 4 heteroatoms. The van der Waals surface area contributed by atoms with Crippen LogP contribution in [0.3, 0.4) is 0 Å². The topological polar surface area (TPSA) is 37.3 Å². The van der Waals surface area contributed by atoms with Crippen LogP contribution in [0.1, 0.15) is 43.3 Å². The summed E-state index contributed by atoms with van der Waals surface area (Å²) in [7, 11) is 0. The van der Waals surface area contributed by atoms with Gasteiger partial charge in [0.15, 0.2) is 0 Å². The first kappa shape index (κ1) is 15.7. The summed E-state index contributed by atoms with van der Waals surface area (Å²) in [6.07, 6.45) is 1.84. The van der Waals surface area contributed by atoms with E-state index < -0.39 is 0 Å². The fraction of sp³-hybridized carbons (Fsp3) is 0.421. The molecule has 0 saturated carbocycles. The van der Waals surface area contributed by atoms with Gasteiger partial charge in [-0.2, -0.15) is 0 Å². The Hall–Kier alpha value is -2.23. The molecule has 0 saturated heterocycles. The van der Waals surface area contributed by atoms with Gasteiger partial charge in [-0.3, -0.25) is 0 Å². The predicted molar refractivity (Wildman–Crippen MR) is 93.7 cm³/mol. The fourth-order valence-corrected chi connectivity index (χ4v) is 3.52. The molecule has 1 aromatic carbocycles. The van der Waals surface area contributed by atoms with E-state index in [9.17, 15) is 4.79 Å². The van der Waals surface area contributed by atoms with Gasteiger partial charge in [-0.25, -0.2) is 4.79 Å². The number of amides is 2. The molecule has 1 aromatic heterocycles. The summed E-state index contributed by atoms with van der Waals surface area (Å²) in [4.78, 5) is 14.8. The van der Waals surface area contributed by atoms with Gasteiger partial charge in [0.05, 0.1) is 6.04 Å². The third kappa shape index (κ3) is 2.85. The summed E-state index contributed by atoms with van der Waals surface area (Å²) in [5.41, 5.74) is 4.61. The molecule has 23 heavy (non-hydrogen) atoms. The molecule has 2 amide bonds. The molecule has 0 radical (unpaired) electrons. The van der Waals surface area contributed by atoms with Crippen molar-refractivity contribution in [2.24, 2.45) is 0 Å². The third-order valence-corrected chi connectivity index (χ3v) is 4.80. The number of fused-ring (bicyclic) bond motifs is 1. The summed E-state index contributed by atoms with van der Waals surface area (Å²) in [6, 6.07) is 12.5. The Kier molecular flexibility index (Phi) is 4.42. The molecule has 2 aromatic rings. The van der Waals surface area contributed by atoms with Gasteiger partial charge in [-0.05, 0) is 43.5 Å². The Morgan fingerprint density at radius 3 is 2.70 bits per heavy atom. The molecule has 0 spiro atoms. The molecular formula is C19H25N3O. The number of aryl methyl sites for hydroxylation is 2. The Morgan fingerprint density at radius 2 is 1.96 bits per heavy atom. The van der Waals surface area contributed by atoms with Crippen molar-refractivity contribution < 1.29 is 4.79 Å². The van der Waals surface area contributed by atoms with E-state index >= 15 is 0 Å². The minimum atomic E-state index is 0.00264. The molecular weight excluding hydrogens is 286 g/mol. The smallest absolute Gasteiger partial charge is 0.322 e. The summed E-state index contributed by atoms with van der Waals surface area (Å²) in [5, 5.41) is 3.11. The van der Waals surface area contributed by atoms with Crippen LogP contribution in [-0.2, 0) is 13.0 Å². The first-order chi connectivity index (χ1) is 11.2. The number of carbonyl (C=O) groups is 1. The molecule has 1 aliphatic rings. The molecule has 1 atom stereocenters. The Bertz CT molecular complexity index is 704. The highest BCUT2D eigenvalue weighted by Gasteiger charge is 2.30. The van der Waals surface area contributed by atoms with E-state index in [1.165, 1.54) is 17.0 Å². The molecule has 0 fully saturated rings. The van der Waals surface area contributed by atoms with Crippen molar-refractivity contribution in [3.05, 3.63) is 53.3 Å². The number of hydrogen-bond donors (Lipinski definition) is 1. The lowest BCUT2D eigenvalue weighted by atomic mass is 10.1. The van der Waals surface area contributed by atoms with Crippen molar-refractivity contribution in [2.75, 3.05) is 11.9 Å². The first-order valence-corrected chi connectivity index (χ1v) is 8.47. The van der Waals surface area contributed by atoms with Crippen LogP contribution in [0.2, 0.25) is 0 Å². The van der Waals surface area contributed by atoms with Gasteiger partial charge in [-0.15, -0.1) is 0 Å². The van der Waals surface area contributed by atoms with E-state index in [0.717, 1.165) is 31.6 Å². The molecule has 122 valence electrons. The molecule has 2 heterocycles. The first-order valence-electron chi connectivity index (χ1n) is 8.47. The van der Waals surface area contributed by atoms with E-state index in [1.807, 2.05) is 23.1 Å². The number of rotatable bonds is 3. The van der Waals surface area contributed by atoms with Gasteiger partial charge in [0.2, 0.25) is 0 Å². The largest absolute Gasteiger partial charge is 0.345 e. The zero-order valence-electron chi connectivity index (χ0n) is 14.2. The monoisotopic (exact) mass is 311 g/mol. The zero-order valence-corrected chi connectivity index (χ0v) is 14.2. The summed E-state index contributed by atoms with van der Waals surface area (Å²) in [5.74, 6) is 0. The normalized spacial score (nSPS) is 17.0. The maximum atomic E-state index is 12.8. The number of hydrogen-bond acceptors (Lipinski definition) is 1. The van der Waals surface area contributed by atoms with Crippen molar-refractivity contribution in [1.82, 2.24) is 9.47 Å². The Morgan fingerprint density at radius 1 is 1.17 bits per heavy atom. The lowest BCUT2D eigenvalue weighted by molar-refractivity contribution is 0.165. The van der Waals surface area contributed by atoms with Crippen LogP contribution in [0.5, 0.6) is 0 Å². The van der Waals surface area contributed by atoms with E-state index in [1.54, 1.807) is 0 Å². The second-order valence-corrected chi connectivity index (χ2v) is 6.11. The van der Waals surface area contributed by atoms with Crippen LogP contribution in [0.4, 0.5) is 10.5 Å². The molecule has 0 bridgehead atoms. The van der Waals surface area contributed by atoms with Gasteiger partial charge in [0.25, 0.3) is 0 Å². The van der Waals surface area contributed by atoms with Crippen LogP contribution in [0.25, 0.3) is 0 Å². The number of nitrogens with zero attached hydrogens (tertiary/aromatic N) is 2. The quantitative estimate of drug-likeness (QED) is 0.898. The van der Waals surface area contributed by atoms with E-state index in [0.29, 0.717) is 0 Å². The number of aromatic nitrogens is 1. The number of para-hydroxylation sites is 1. The number of anilines is 1. The molecule has 4 nitrogen and oxygen atoms in total. The minimum absolute atomic E-state index is 0.00264. The van der Waals surface area contributed by atoms with Crippen LogP contribution in [0.15, 0.2) is 36.4 Å². The predicted octanol–water partition coefficient (Wildman–Crippen LogP) is 4.36.